The van der Waals surface area contributed by atoms with Gasteiger partial charge in [-0.25, -0.2) is 13.8 Å². The number of nitrogens with zero attached hydrogens (tertiary/aromatic N) is 3. The molecule has 3 aromatic carbocycles. The van der Waals surface area contributed by atoms with Gasteiger partial charge in [-0.05, 0) is 54.1 Å². The van der Waals surface area contributed by atoms with Crippen LogP contribution in [0.3, 0.4) is 0 Å². The molecular weight excluding hydrogens is 426 g/mol. The van der Waals surface area contributed by atoms with Crippen LogP contribution < -0.4 is 10.2 Å². The van der Waals surface area contributed by atoms with E-state index in [2.05, 4.69) is 15.3 Å². The minimum Gasteiger partial charge on any atom is -0.324 e. The molecule has 0 unspecified atom stereocenters. The molecule has 6 nitrogen and oxygen atoms in total. The van der Waals surface area contributed by atoms with Crippen molar-refractivity contribution < 1.29 is 18.4 Å². The number of halogens is 2. The Balaban J connectivity index is 1.82. The van der Waals surface area contributed by atoms with Crippen LogP contribution in [0.25, 0.3) is 0 Å². The third kappa shape index (κ3) is 5.07. The lowest BCUT2D eigenvalue weighted by Crippen LogP contribution is -2.42. The van der Waals surface area contributed by atoms with Gasteiger partial charge >= 0.3 is 0 Å². The summed E-state index contributed by atoms with van der Waals surface area (Å²) in [6.07, 6.45) is 4.11. The van der Waals surface area contributed by atoms with Crippen molar-refractivity contribution in [2.24, 2.45) is 0 Å². The molecule has 0 bridgehead atoms. The molecule has 0 aliphatic rings. The smallest absolute Gasteiger partial charge is 0.279 e. The average molecular weight is 444 g/mol. The van der Waals surface area contributed by atoms with Gasteiger partial charge in [0.25, 0.3) is 11.8 Å². The fourth-order valence-electron chi connectivity index (χ4n) is 3.31. The van der Waals surface area contributed by atoms with Gasteiger partial charge in [0, 0.05) is 23.8 Å². The number of carbonyl (C=O) groups excluding carboxylic acids is 2. The average Bonchev–Trinajstić information content (AvgIpc) is 2.85. The van der Waals surface area contributed by atoms with Crippen LogP contribution in [0.2, 0.25) is 0 Å². The third-order valence-electron chi connectivity index (χ3n) is 4.84. The van der Waals surface area contributed by atoms with E-state index in [0.717, 1.165) is 0 Å². The van der Waals surface area contributed by atoms with Crippen molar-refractivity contribution >= 4 is 23.2 Å². The van der Waals surface area contributed by atoms with Gasteiger partial charge in [0.05, 0.1) is 6.20 Å². The quantitative estimate of drug-likeness (QED) is 0.464. The lowest BCUT2D eigenvalue weighted by Gasteiger charge is -2.31. The first kappa shape index (κ1) is 21.8. The maximum atomic E-state index is 13.6. The summed E-state index contributed by atoms with van der Waals surface area (Å²) in [6.45, 7) is 0. The highest BCUT2D eigenvalue weighted by atomic mass is 19.1. The number of benzene rings is 3. The molecular formula is C25H18F2N4O2. The fourth-order valence-corrected chi connectivity index (χ4v) is 3.31. The van der Waals surface area contributed by atoms with E-state index in [0.29, 0.717) is 16.9 Å². The largest absolute Gasteiger partial charge is 0.324 e. The van der Waals surface area contributed by atoms with E-state index in [-0.39, 0.29) is 5.69 Å². The van der Waals surface area contributed by atoms with Crippen molar-refractivity contribution in [2.75, 3.05) is 10.2 Å². The fraction of sp³-hybridized carbons (Fsp3) is 0.0400. The first-order valence-corrected chi connectivity index (χ1v) is 9.99. The standard InChI is InChI=1S/C25H18F2N4O2/c26-18-8-6-17(7-9-18)23(24(32)30-20-12-10-19(27)11-13-20)31(21-4-2-1-3-5-21)25(33)22-16-28-14-15-29-22/h1-16,23H,(H,30,32)/t23-/m0/s1. The van der Waals surface area contributed by atoms with Crippen LogP contribution in [0.5, 0.6) is 0 Å². The topological polar surface area (TPSA) is 75.2 Å². The van der Waals surface area contributed by atoms with Gasteiger partial charge in [0.2, 0.25) is 0 Å². The number of amides is 2. The summed E-state index contributed by atoms with van der Waals surface area (Å²) >= 11 is 0. The molecule has 0 saturated heterocycles. The molecule has 2 amide bonds. The number of hydrogen-bond acceptors (Lipinski definition) is 4. The van der Waals surface area contributed by atoms with Crippen LogP contribution in [0.1, 0.15) is 22.1 Å². The number of aromatic nitrogens is 2. The second kappa shape index (κ2) is 9.78. The Bertz CT molecular complexity index is 1240. The van der Waals surface area contributed by atoms with Crippen LogP contribution in [0.4, 0.5) is 20.2 Å². The second-order valence-electron chi connectivity index (χ2n) is 7.05. The maximum Gasteiger partial charge on any atom is 0.279 e. The van der Waals surface area contributed by atoms with E-state index in [1.807, 2.05) is 0 Å². The Kier molecular flexibility index (Phi) is 6.45. The van der Waals surface area contributed by atoms with Crippen LogP contribution in [0.15, 0.2) is 97.5 Å². The predicted octanol–water partition coefficient (Wildman–Crippen LogP) is 4.78. The Labute approximate surface area is 188 Å². The van der Waals surface area contributed by atoms with Crippen LogP contribution in [0, 0.1) is 11.6 Å². The van der Waals surface area contributed by atoms with Gasteiger partial charge in [0.1, 0.15) is 23.4 Å². The van der Waals surface area contributed by atoms with E-state index >= 15 is 0 Å². The summed E-state index contributed by atoms with van der Waals surface area (Å²) in [5, 5.41) is 2.71. The highest BCUT2D eigenvalue weighted by Gasteiger charge is 2.34. The summed E-state index contributed by atoms with van der Waals surface area (Å²) in [4.78, 5) is 36.4. The first-order chi connectivity index (χ1) is 16.0. The van der Waals surface area contributed by atoms with Crippen molar-refractivity contribution in [3.63, 3.8) is 0 Å². The van der Waals surface area contributed by atoms with Crippen molar-refractivity contribution in [3.05, 3.63) is 120 Å². The van der Waals surface area contributed by atoms with Crippen LogP contribution in [-0.2, 0) is 4.79 Å². The molecule has 1 heterocycles. The molecule has 0 spiro atoms. The Morgan fingerprint density at radius 3 is 2.06 bits per heavy atom. The molecule has 1 atom stereocenters. The van der Waals surface area contributed by atoms with Crippen LogP contribution in [-0.4, -0.2) is 21.8 Å². The molecule has 4 aromatic rings. The van der Waals surface area contributed by atoms with E-state index in [4.69, 9.17) is 0 Å². The van der Waals surface area contributed by atoms with Crippen molar-refractivity contribution in [3.8, 4) is 0 Å². The summed E-state index contributed by atoms with van der Waals surface area (Å²) in [6, 6.07) is 17.9. The van der Waals surface area contributed by atoms with E-state index in [9.17, 15) is 18.4 Å². The predicted molar refractivity (Wildman–Crippen MR) is 119 cm³/mol. The number of hydrogen-bond donors (Lipinski definition) is 1. The minimum absolute atomic E-state index is 0.0306. The molecule has 1 aromatic heterocycles. The highest BCUT2D eigenvalue weighted by Crippen LogP contribution is 2.30. The molecule has 1 N–H and O–H groups in total. The van der Waals surface area contributed by atoms with Crippen LogP contribution >= 0.6 is 0 Å². The zero-order valence-electron chi connectivity index (χ0n) is 17.2. The number of anilines is 2. The molecule has 164 valence electrons. The zero-order chi connectivity index (χ0) is 23.2. The van der Waals surface area contributed by atoms with Crippen molar-refractivity contribution in [1.29, 1.82) is 0 Å². The van der Waals surface area contributed by atoms with Gasteiger partial charge in [-0.3, -0.25) is 19.5 Å². The Morgan fingerprint density at radius 2 is 1.45 bits per heavy atom. The van der Waals surface area contributed by atoms with E-state index in [1.165, 1.54) is 72.0 Å². The van der Waals surface area contributed by atoms with Crippen molar-refractivity contribution in [2.45, 2.75) is 6.04 Å². The molecule has 0 aliphatic carbocycles. The van der Waals surface area contributed by atoms with Gasteiger partial charge < -0.3 is 5.32 Å². The number of para-hydroxylation sites is 1. The molecule has 0 saturated carbocycles. The van der Waals surface area contributed by atoms with Gasteiger partial charge in [-0.2, -0.15) is 0 Å². The number of nitrogens with one attached hydrogen (secondary N) is 1. The molecule has 0 radical (unpaired) electrons. The van der Waals surface area contributed by atoms with Crippen molar-refractivity contribution in [1.82, 2.24) is 9.97 Å². The molecule has 33 heavy (non-hydrogen) atoms. The monoisotopic (exact) mass is 444 g/mol. The zero-order valence-corrected chi connectivity index (χ0v) is 17.2. The SMILES string of the molecule is O=C(Nc1ccc(F)cc1)[C@H](c1ccc(F)cc1)N(C(=O)c1cnccn1)c1ccccc1. The molecule has 0 fully saturated rings. The summed E-state index contributed by atoms with van der Waals surface area (Å²) in [5.41, 5.74) is 1.17. The Morgan fingerprint density at radius 1 is 0.818 bits per heavy atom. The van der Waals surface area contributed by atoms with Gasteiger partial charge in [0.15, 0.2) is 0 Å². The normalized spacial score (nSPS) is 11.5. The number of carbonyl (C=O) groups is 2. The van der Waals surface area contributed by atoms with E-state index < -0.39 is 29.5 Å². The lowest BCUT2D eigenvalue weighted by molar-refractivity contribution is -0.117. The minimum atomic E-state index is -1.19. The molecule has 8 heteroatoms. The summed E-state index contributed by atoms with van der Waals surface area (Å²) in [7, 11) is 0. The Hall–Kier alpha value is -4.46. The maximum absolute atomic E-state index is 13.6. The van der Waals surface area contributed by atoms with E-state index in [1.54, 1.807) is 30.3 Å². The first-order valence-electron chi connectivity index (χ1n) is 9.99. The summed E-state index contributed by atoms with van der Waals surface area (Å²) in [5.74, 6) is -2.08. The molecule has 4 rings (SSSR count). The van der Waals surface area contributed by atoms with Gasteiger partial charge in [-0.15, -0.1) is 0 Å². The van der Waals surface area contributed by atoms with Gasteiger partial charge in [-0.1, -0.05) is 30.3 Å². The summed E-state index contributed by atoms with van der Waals surface area (Å²) < 4.78 is 27.0. The highest BCUT2D eigenvalue weighted by molar-refractivity contribution is 6.11. The molecule has 0 aliphatic heterocycles. The second-order valence-corrected chi connectivity index (χ2v) is 7.05. The lowest BCUT2D eigenvalue weighted by atomic mass is 10.0. The number of rotatable bonds is 6. The third-order valence-corrected chi connectivity index (χ3v) is 4.84.